The molecule has 3 aliphatic heterocycles. The number of aliphatic hydroxyl groups is 2. The van der Waals surface area contributed by atoms with Gasteiger partial charge in [-0.05, 0) is 50.2 Å². The molecule has 10 unspecified atom stereocenters. The third-order valence-electron chi connectivity index (χ3n) is 7.97. The molecule has 10 atom stereocenters. The van der Waals surface area contributed by atoms with Crippen molar-refractivity contribution in [3.8, 4) is 0 Å². The first-order valence-electron chi connectivity index (χ1n) is 14.0. The van der Waals surface area contributed by atoms with E-state index in [4.69, 9.17) is 18.9 Å². The molecule has 0 aliphatic carbocycles. The Labute approximate surface area is 227 Å². The van der Waals surface area contributed by atoms with Crippen molar-refractivity contribution in [3.63, 3.8) is 0 Å². The molecule has 8 nitrogen and oxygen atoms in total. The standard InChI is InChI=1S/C30H46O8/c1-7-24(33)21(5)29-25(37-29)15-18(2)9-8-10-19(3)28-20(4)11-12-26(36-22(6)31)30(17-35-30)14-13-23(32)16-27(34)38-28/h8-12,18,20-21,23-26,28-29,32-33H,7,13-17H2,1-6H3/b9-8+,12-11+,19-10+. The van der Waals surface area contributed by atoms with Crippen LogP contribution in [-0.2, 0) is 28.5 Å². The molecule has 3 aliphatic rings. The van der Waals surface area contributed by atoms with Crippen LogP contribution in [-0.4, -0.2) is 71.0 Å². The number of aliphatic hydroxyl groups excluding tert-OH is 2. The minimum absolute atomic E-state index is 0.102. The first kappa shape index (κ1) is 30.5. The number of rotatable bonds is 9. The van der Waals surface area contributed by atoms with Crippen LogP contribution in [0.4, 0.5) is 0 Å². The van der Waals surface area contributed by atoms with Crippen LogP contribution in [0.5, 0.6) is 0 Å². The van der Waals surface area contributed by atoms with Gasteiger partial charge < -0.3 is 29.2 Å². The van der Waals surface area contributed by atoms with Crippen molar-refractivity contribution in [2.45, 2.75) is 116 Å². The first-order valence-corrected chi connectivity index (χ1v) is 14.0. The third kappa shape index (κ3) is 8.50. The second-order valence-electron chi connectivity index (χ2n) is 11.4. The second kappa shape index (κ2) is 13.4. The molecule has 0 saturated carbocycles. The molecule has 2 N–H and O–H groups in total. The molecule has 1 spiro atoms. The number of carbonyl (C=O) groups excluding carboxylic acids is 2. The van der Waals surface area contributed by atoms with Crippen molar-refractivity contribution in [2.75, 3.05) is 6.61 Å². The molecule has 3 rings (SSSR count). The average Bonchev–Trinajstić information content (AvgIpc) is 3.78. The van der Waals surface area contributed by atoms with E-state index < -0.39 is 35.9 Å². The monoisotopic (exact) mass is 534 g/mol. The Morgan fingerprint density at radius 1 is 1.29 bits per heavy atom. The smallest absolute Gasteiger partial charge is 0.309 e. The number of epoxide rings is 2. The molecule has 214 valence electrons. The predicted octanol–water partition coefficient (Wildman–Crippen LogP) is 4.04. The van der Waals surface area contributed by atoms with E-state index in [0.717, 1.165) is 18.4 Å². The molecule has 8 heteroatoms. The molecule has 0 bridgehead atoms. The highest BCUT2D eigenvalue weighted by Crippen LogP contribution is 2.40. The van der Waals surface area contributed by atoms with Gasteiger partial charge in [-0.1, -0.05) is 52.0 Å². The van der Waals surface area contributed by atoms with Crippen molar-refractivity contribution >= 4 is 11.9 Å². The molecule has 0 radical (unpaired) electrons. The normalized spacial score (nSPS) is 37.5. The van der Waals surface area contributed by atoms with Crippen LogP contribution < -0.4 is 0 Å². The summed E-state index contributed by atoms with van der Waals surface area (Å²) < 4.78 is 22.9. The summed E-state index contributed by atoms with van der Waals surface area (Å²) in [7, 11) is 0. The van der Waals surface area contributed by atoms with E-state index in [-0.39, 0.29) is 42.5 Å². The Morgan fingerprint density at radius 2 is 2.00 bits per heavy atom. The van der Waals surface area contributed by atoms with Crippen molar-refractivity contribution in [1.29, 1.82) is 0 Å². The maximum Gasteiger partial charge on any atom is 0.309 e. The van der Waals surface area contributed by atoms with Gasteiger partial charge in [0, 0.05) is 18.8 Å². The van der Waals surface area contributed by atoms with Crippen molar-refractivity contribution in [2.24, 2.45) is 17.8 Å². The van der Waals surface area contributed by atoms with Crippen LogP contribution in [0.3, 0.4) is 0 Å². The Morgan fingerprint density at radius 3 is 2.63 bits per heavy atom. The molecule has 0 aromatic carbocycles. The molecular weight excluding hydrogens is 488 g/mol. The highest BCUT2D eigenvalue weighted by Gasteiger charge is 2.52. The Bertz CT molecular complexity index is 904. The molecule has 0 aromatic heterocycles. The van der Waals surface area contributed by atoms with Gasteiger partial charge in [0.2, 0.25) is 0 Å². The summed E-state index contributed by atoms with van der Waals surface area (Å²) in [6.07, 6.45) is 10.1. The van der Waals surface area contributed by atoms with Crippen LogP contribution >= 0.6 is 0 Å². The number of hydrogen-bond donors (Lipinski definition) is 2. The van der Waals surface area contributed by atoms with Crippen molar-refractivity contribution in [3.05, 3.63) is 36.0 Å². The van der Waals surface area contributed by atoms with Gasteiger partial charge in [-0.3, -0.25) is 9.59 Å². The molecule has 2 fully saturated rings. The third-order valence-corrected chi connectivity index (χ3v) is 7.97. The fourth-order valence-corrected chi connectivity index (χ4v) is 5.27. The largest absolute Gasteiger partial charge is 0.457 e. The highest BCUT2D eigenvalue weighted by atomic mass is 16.6. The zero-order valence-corrected chi connectivity index (χ0v) is 23.7. The average molecular weight is 535 g/mol. The Balaban J connectivity index is 1.67. The zero-order chi connectivity index (χ0) is 28.0. The maximum absolute atomic E-state index is 12.6. The first-order chi connectivity index (χ1) is 18.0. The minimum Gasteiger partial charge on any atom is -0.457 e. The van der Waals surface area contributed by atoms with E-state index in [1.807, 2.05) is 52.0 Å². The predicted molar refractivity (Wildman–Crippen MR) is 143 cm³/mol. The molecule has 3 heterocycles. The number of esters is 2. The highest BCUT2D eigenvalue weighted by molar-refractivity contribution is 5.70. The van der Waals surface area contributed by atoms with E-state index in [1.165, 1.54) is 6.92 Å². The zero-order valence-electron chi connectivity index (χ0n) is 23.7. The van der Waals surface area contributed by atoms with E-state index >= 15 is 0 Å². The van der Waals surface area contributed by atoms with Crippen LogP contribution in [0.2, 0.25) is 0 Å². The van der Waals surface area contributed by atoms with Gasteiger partial charge in [0.05, 0.1) is 37.4 Å². The lowest BCUT2D eigenvalue weighted by atomic mass is 9.91. The number of hydrogen-bond acceptors (Lipinski definition) is 8. The summed E-state index contributed by atoms with van der Waals surface area (Å²) in [5.74, 6) is -0.624. The SMILES string of the molecule is CCC(O)C(C)C1OC1CC(C)/C=C/C=C(\C)C1OC(=O)CC(O)CCC2(CO2)C(OC(C)=O)/C=C/C1C. The second-order valence-corrected chi connectivity index (χ2v) is 11.4. The minimum atomic E-state index is -0.861. The topological polar surface area (TPSA) is 118 Å². The van der Waals surface area contributed by atoms with Gasteiger partial charge in [0.1, 0.15) is 11.7 Å². The summed E-state index contributed by atoms with van der Waals surface area (Å²) >= 11 is 0. The van der Waals surface area contributed by atoms with Gasteiger partial charge >= 0.3 is 11.9 Å². The quantitative estimate of drug-likeness (QED) is 0.197. The summed E-state index contributed by atoms with van der Waals surface area (Å²) in [5, 5.41) is 20.5. The maximum atomic E-state index is 12.6. The molecular formula is C30H46O8. The molecule has 0 aromatic rings. The summed E-state index contributed by atoms with van der Waals surface area (Å²) in [5.41, 5.74) is 0.217. The Kier molecular flexibility index (Phi) is 10.7. The van der Waals surface area contributed by atoms with Crippen LogP contribution in [0.25, 0.3) is 0 Å². The van der Waals surface area contributed by atoms with E-state index in [9.17, 15) is 19.8 Å². The number of cyclic esters (lactones) is 1. The van der Waals surface area contributed by atoms with E-state index in [1.54, 1.807) is 0 Å². The van der Waals surface area contributed by atoms with Crippen molar-refractivity contribution in [1.82, 2.24) is 0 Å². The number of ether oxygens (including phenoxy) is 4. The number of allylic oxidation sites excluding steroid dienone is 3. The van der Waals surface area contributed by atoms with Gasteiger partial charge in [-0.15, -0.1) is 0 Å². The molecule has 0 amide bonds. The van der Waals surface area contributed by atoms with Gasteiger partial charge in [-0.2, -0.15) is 0 Å². The number of carbonyl (C=O) groups is 2. The lowest BCUT2D eigenvalue weighted by Crippen LogP contribution is -2.35. The molecule has 38 heavy (non-hydrogen) atoms. The fourth-order valence-electron chi connectivity index (χ4n) is 5.27. The van der Waals surface area contributed by atoms with Crippen LogP contribution in [0, 0.1) is 17.8 Å². The van der Waals surface area contributed by atoms with Crippen LogP contribution in [0.15, 0.2) is 36.0 Å². The lowest BCUT2D eigenvalue weighted by Gasteiger charge is -2.27. The van der Waals surface area contributed by atoms with Gasteiger partial charge in [0.15, 0.2) is 6.10 Å². The van der Waals surface area contributed by atoms with Crippen LogP contribution in [0.1, 0.15) is 73.6 Å². The summed E-state index contributed by atoms with van der Waals surface area (Å²) in [4.78, 5) is 24.4. The summed E-state index contributed by atoms with van der Waals surface area (Å²) in [6.45, 7) is 11.8. The van der Waals surface area contributed by atoms with Gasteiger partial charge in [0.25, 0.3) is 0 Å². The Hall–Kier alpha value is -2.00. The van der Waals surface area contributed by atoms with E-state index in [2.05, 4.69) is 13.0 Å². The molecule has 2 saturated heterocycles. The van der Waals surface area contributed by atoms with Crippen molar-refractivity contribution < 1.29 is 38.7 Å². The lowest BCUT2D eigenvalue weighted by molar-refractivity contribution is -0.151. The van der Waals surface area contributed by atoms with Gasteiger partial charge in [-0.25, -0.2) is 0 Å². The summed E-state index contributed by atoms with van der Waals surface area (Å²) in [6, 6.07) is 0. The van der Waals surface area contributed by atoms with E-state index in [0.29, 0.717) is 19.4 Å². The fraction of sp³-hybridized carbons (Fsp3) is 0.733.